The molecule has 3 aromatic rings. The standard InChI is InChI=1S/C46H70O6Si2/c1-10-49-44(47)35-40(51-53(11-2,12-3)13-4)34-43-46(8,9)31-29-38(50-43)33-39(30-32-48-36-37-23-17-14-18-24-37)52-54(45(5,6)7,41-25-19-15-20-26-41)42-27-21-16-22-28-42/h14-28,38-40,43H,10-13,29-36H2,1-9H3/t38-,39-,40+,43-/m0/s1. The fourth-order valence-electron chi connectivity index (χ4n) is 8.34. The first-order valence-electron chi connectivity index (χ1n) is 20.7. The number of carbonyl (C=O) groups is 1. The van der Waals surface area contributed by atoms with Gasteiger partial charge in [0, 0.05) is 6.61 Å². The summed E-state index contributed by atoms with van der Waals surface area (Å²) in [6.07, 6.45) is 4.09. The monoisotopic (exact) mass is 774 g/mol. The van der Waals surface area contributed by atoms with Crippen LogP contribution < -0.4 is 10.4 Å². The van der Waals surface area contributed by atoms with Crippen LogP contribution in [0.25, 0.3) is 0 Å². The minimum Gasteiger partial charge on any atom is -0.466 e. The molecule has 8 heteroatoms. The van der Waals surface area contributed by atoms with E-state index in [0.29, 0.717) is 26.2 Å². The van der Waals surface area contributed by atoms with E-state index in [-0.39, 0.29) is 47.3 Å². The van der Waals surface area contributed by atoms with Crippen LogP contribution in [-0.4, -0.2) is 60.2 Å². The van der Waals surface area contributed by atoms with Gasteiger partial charge in [-0.05, 0) is 83.6 Å². The molecule has 0 bridgehead atoms. The van der Waals surface area contributed by atoms with E-state index in [0.717, 1.165) is 43.8 Å². The van der Waals surface area contributed by atoms with Crippen LogP contribution in [0.3, 0.4) is 0 Å². The van der Waals surface area contributed by atoms with Crippen molar-refractivity contribution < 1.29 is 27.9 Å². The quantitative estimate of drug-likeness (QED) is 0.0610. The molecule has 0 N–H and O–H groups in total. The highest BCUT2D eigenvalue weighted by molar-refractivity contribution is 6.99. The van der Waals surface area contributed by atoms with Gasteiger partial charge in [-0.3, -0.25) is 4.79 Å². The maximum atomic E-state index is 12.9. The normalized spacial score (nSPS) is 18.9. The Morgan fingerprint density at radius 2 is 1.35 bits per heavy atom. The highest BCUT2D eigenvalue weighted by Gasteiger charge is 2.52. The summed E-state index contributed by atoms with van der Waals surface area (Å²) in [6, 6.07) is 35.3. The molecule has 0 spiro atoms. The maximum Gasteiger partial charge on any atom is 0.308 e. The molecule has 1 fully saturated rings. The molecule has 0 saturated carbocycles. The van der Waals surface area contributed by atoms with E-state index in [4.69, 9.17) is 23.1 Å². The molecule has 1 aliphatic heterocycles. The Balaban J connectivity index is 1.65. The molecule has 0 amide bonds. The second-order valence-electron chi connectivity index (χ2n) is 17.0. The van der Waals surface area contributed by atoms with Crippen LogP contribution in [0, 0.1) is 5.41 Å². The Bertz CT molecular complexity index is 1460. The van der Waals surface area contributed by atoms with Gasteiger partial charge in [-0.1, -0.05) is 146 Å². The topological polar surface area (TPSA) is 63.2 Å². The number of esters is 1. The van der Waals surface area contributed by atoms with Crippen LogP contribution in [0.4, 0.5) is 0 Å². The van der Waals surface area contributed by atoms with Crippen molar-refractivity contribution >= 4 is 33.0 Å². The van der Waals surface area contributed by atoms with Crippen LogP contribution in [0.1, 0.15) is 106 Å². The molecule has 298 valence electrons. The first-order valence-corrected chi connectivity index (χ1v) is 25.1. The Labute approximate surface area is 329 Å². The highest BCUT2D eigenvalue weighted by atomic mass is 28.4. The zero-order chi connectivity index (χ0) is 39.2. The van der Waals surface area contributed by atoms with Gasteiger partial charge in [0.05, 0.1) is 44.1 Å². The summed E-state index contributed by atoms with van der Waals surface area (Å²) in [5.41, 5.74) is 1.11. The molecule has 54 heavy (non-hydrogen) atoms. The van der Waals surface area contributed by atoms with E-state index in [1.54, 1.807) is 0 Å². The number of carbonyl (C=O) groups excluding carboxylic acids is 1. The predicted molar refractivity (Wildman–Crippen MR) is 227 cm³/mol. The Morgan fingerprint density at radius 3 is 1.87 bits per heavy atom. The third-order valence-electron chi connectivity index (χ3n) is 11.8. The minimum absolute atomic E-state index is 0.00846. The molecule has 0 aliphatic carbocycles. The molecule has 6 nitrogen and oxygen atoms in total. The average Bonchev–Trinajstić information content (AvgIpc) is 3.16. The van der Waals surface area contributed by atoms with Gasteiger partial charge < -0.3 is 23.1 Å². The van der Waals surface area contributed by atoms with Gasteiger partial charge >= 0.3 is 5.97 Å². The van der Waals surface area contributed by atoms with Crippen LogP contribution in [0.15, 0.2) is 91.0 Å². The number of hydrogen-bond donors (Lipinski definition) is 0. The zero-order valence-corrected chi connectivity index (χ0v) is 36.9. The molecule has 4 atom stereocenters. The molecule has 1 saturated heterocycles. The molecule has 0 aromatic heterocycles. The third-order valence-corrected chi connectivity index (χ3v) is 21.6. The molecule has 4 rings (SSSR count). The summed E-state index contributed by atoms with van der Waals surface area (Å²) in [5.74, 6) is -0.187. The molecular formula is C46H70O6Si2. The smallest absolute Gasteiger partial charge is 0.308 e. The second-order valence-corrected chi connectivity index (χ2v) is 25.9. The Hall–Kier alpha value is -2.60. The van der Waals surface area contributed by atoms with Crippen molar-refractivity contribution in [1.29, 1.82) is 0 Å². The van der Waals surface area contributed by atoms with E-state index in [1.165, 1.54) is 15.9 Å². The lowest BCUT2D eigenvalue weighted by molar-refractivity contribution is -0.151. The number of hydrogen-bond acceptors (Lipinski definition) is 6. The third kappa shape index (κ3) is 11.7. The van der Waals surface area contributed by atoms with Crippen molar-refractivity contribution in [3.63, 3.8) is 0 Å². The summed E-state index contributed by atoms with van der Waals surface area (Å²) in [5, 5.41) is 2.40. The first-order chi connectivity index (χ1) is 25.8. The van der Waals surface area contributed by atoms with Crippen LogP contribution in [0.2, 0.25) is 23.2 Å². The Kier molecular flexibility index (Phi) is 16.8. The van der Waals surface area contributed by atoms with E-state index in [9.17, 15) is 4.79 Å². The van der Waals surface area contributed by atoms with Gasteiger partial charge in [-0.15, -0.1) is 0 Å². The summed E-state index contributed by atoms with van der Waals surface area (Å²) in [7, 11) is -4.83. The number of benzene rings is 3. The summed E-state index contributed by atoms with van der Waals surface area (Å²) in [6.45, 7) is 21.8. The lowest BCUT2D eigenvalue weighted by Crippen LogP contribution is -2.68. The first kappa shape index (κ1) is 44.1. The van der Waals surface area contributed by atoms with E-state index in [2.05, 4.69) is 140 Å². The van der Waals surface area contributed by atoms with Gasteiger partial charge in [0.1, 0.15) is 0 Å². The van der Waals surface area contributed by atoms with Crippen LogP contribution in [0.5, 0.6) is 0 Å². The molecule has 1 aliphatic rings. The number of rotatable bonds is 21. The Morgan fingerprint density at radius 1 is 0.796 bits per heavy atom. The number of ether oxygens (including phenoxy) is 3. The van der Waals surface area contributed by atoms with Gasteiger partial charge in [0.25, 0.3) is 8.32 Å². The largest absolute Gasteiger partial charge is 0.466 e. The van der Waals surface area contributed by atoms with Crippen molar-refractivity contribution in [2.24, 2.45) is 5.41 Å². The lowest BCUT2D eigenvalue weighted by Gasteiger charge is -2.47. The maximum absolute atomic E-state index is 12.9. The van der Waals surface area contributed by atoms with E-state index < -0.39 is 16.6 Å². The molecule has 0 radical (unpaired) electrons. The lowest BCUT2D eigenvalue weighted by atomic mass is 9.76. The van der Waals surface area contributed by atoms with Crippen molar-refractivity contribution in [3.05, 3.63) is 96.6 Å². The second kappa shape index (κ2) is 20.5. The predicted octanol–water partition coefficient (Wildman–Crippen LogP) is 10.2. The van der Waals surface area contributed by atoms with Crippen LogP contribution in [-0.2, 0) is 34.5 Å². The molecule has 0 unspecified atom stereocenters. The summed E-state index contributed by atoms with van der Waals surface area (Å²) >= 11 is 0. The molecular weight excluding hydrogens is 705 g/mol. The molecule has 3 aromatic carbocycles. The fraction of sp³-hybridized carbons (Fsp3) is 0.587. The van der Waals surface area contributed by atoms with E-state index in [1.807, 2.05) is 13.0 Å². The van der Waals surface area contributed by atoms with Crippen molar-refractivity contribution in [3.8, 4) is 0 Å². The van der Waals surface area contributed by atoms with E-state index >= 15 is 0 Å². The zero-order valence-electron chi connectivity index (χ0n) is 34.9. The van der Waals surface area contributed by atoms with Gasteiger partial charge in [0.2, 0.25) is 0 Å². The van der Waals surface area contributed by atoms with Gasteiger partial charge in [-0.2, -0.15) is 0 Å². The SMILES string of the molecule is CCOC(=O)C[C@@H](C[C@@H]1O[C@H](C[C@H](CCOCc2ccccc2)O[Si](c2ccccc2)(c2ccccc2)C(C)(C)C)CCC1(C)C)O[Si](CC)(CC)CC. The van der Waals surface area contributed by atoms with Crippen LogP contribution >= 0.6 is 0 Å². The summed E-state index contributed by atoms with van der Waals surface area (Å²) in [4.78, 5) is 12.9. The molecule has 1 heterocycles. The minimum atomic E-state index is -2.84. The average molecular weight is 775 g/mol. The van der Waals surface area contributed by atoms with Gasteiger partial charge in [-0.25, -0.2) is 0 Å². The fourth-order valence-corrected chi connectivity index (χ4v) is 16.0. The van der Waals surface area contributed by atoms with Crippen molar-refractivity contribution in [1.82, 2.24) is 0 Å². The highest BCUT2D eigenvalue weighted by Crippen LogP contribution is 2.43. The van der Waals surface area contributed by atoms with Gasteiger partial charge in [0.15, 0.2) is 8.32 Å². The van der Waals surface area contributed by atoms with Crippen molar-refractivity contribution in [2.45, 2.75) is 155 Å². The van der Waals surface area contributed by atoms with Crippen molar-refractivity contribution in [2.75, 3.05) is 13.2 Å². The summed E-state index contributed by atoms with van der Waals surface area (Å²) < 4.78 is 33.8.